The van der Waals surface area contributed by atoms with Crippen LogP contribution in [-0.2, 0) is 9.53 Å². The molecule has 1 fully saturated rings. The van der Waals surface area contributed by atoms with E-state index in [9.17, 15) is 9.59 Å². The number of nitrogens with zero attached hydrogens (tertiary/aromatic N) is 1. The zero-order chi connectivity index (χ0) is 16.2. The van der Waals surface area contributed by atoms with Crippen LogP contribution in [0.15, 0.2) is 0 Å². The Balaban J connectivity index is 2.35. The summed E-state index contributed by atoms with van der Waals surface area (Å²) in [7, 11) is 0. The topological polar surface area (TPSA) is 84.7 Å². The number of carbonyl (C=O) groups is 2. The van der Waals surface area contributed by atoms with Crippen LogP contribution in [0.1, 0.15) is 41.0 Å². The van der Waals surface area contributed by atoms with E-state index in [2.05, 4.69) is 5.32 Å². The number of ether oxygens (including phenoxy) is 1. The lowest BCUT2D eigenvalue weighted by Crippen LogP contribution is -2.46. The first kappa shape index (κ1) is 17.8. The molecule has 0 aromatic carbocycles. The number of likely N-dealkylation sites (tertiary alicyclic amines) is 1. The van der Waals surface area contributed by atoms with Crippen molar-refractivity contribution in [2.24, 2.45) is 17.6 Å². The molecule has 1 saturated heterocycles. The Morgan fingerprint density at radius 1 is 1.38 bits per heavy atom. The number of hydrogen-bond acceptors (Lipinski definition) is 4. The van der Waals surface area contributed by atoms with E-state index >= 15 is 0 Å². The first-order valence-electron chi connectivity index (χ1n) is 7.61. The van der Waals surface area contributed by atoms with E-state index in [4.69, 9.17) is 10.5 Å². The standard InChI is InChI=1S/C15H29N3O3/c1-10(2)12(16)13(19)18-7-6-11(9-18)8-17-14(20)21-15(3,4)5/h10-12H,6-9,16H2,1-5H3,(H,17,20)/t11-,12-/m0/s1. The van der Waals surface area contributed by atoms with Gasteiger partial charge >= 0.3 is 6.09 Å². The highest BCUT2D eigenvalue weighted by Gasteiger charge is 2.30. The van der Waals surface area contributed by atoms with E-state index in [1.54, 1.807) is 4.90 Å². The van der Waals surface area contributed by atoms with Gasteiger partial charge in [0.15, 0.2) is 0 Å². The molecule has 0 aromatic rings. The van der Waals surface area contributed by atoms with Gasteiger partial charge in [-0.1, -0.05) is 13.8 Å². The Bertz CT molecular complexity index is 377. The van der Waals surface area contributed by atoms with Crippen LogP contribution in [0, 0.1) is 11.8 Å². The first-order valence-corrected chi connectivity index (χ1v) is 7.61. The molecule has 2 amide bonds. The molecule has 1 aliphatic heterocycles. The molecule has 2 atom stereocenters. The summed E-state index contributed by atoms with van der Waals surface area (Å²) >= 11 is 0. The number of rotatable bonds is 4. The molecule has 21 heavy (non-hydrogen) atoms. The molecule has 1 aliphatic rings. The first-order chi connectivity index (χ1) is 9.60. The maximum atomic E-state index is 12.1. The lowest BCUT2D eigenvalue weighted by molar-refractivity contribution is -0.132. The van der Waals surface area contributed by atoms with Crippen LogP contribution in [0.3, 0.4) is 0 Å². The van der Waals surface area contributed by atoms with Crippen molar-refractivity contribution in [1.82, 2.24) is 10.2 Å². The summed E-state index contributed by atoms with van der Waals surface area (Å²) in [5.41, 5.74) is 5.40. The molecule has 0 unspecified atom stereocenters. The van der Waals surface area contributed by atoms with Gasteiger partial charge < -0.3 is 20.7 Å². The molecule has 0 saturated carbocycles. The van der Waals surface area contributed by atoms with Crippen molar-refractivity contribution < 1.29 is 14.3 Å². The summed E-state index contributed by atoms with van der Waals surface area (Å²) in [6.07, 6.45) is 0.470. The highest BCUT2D eigenvalue weighted by molar-refractivity contribution is 5.82. The van der Waals surface area contributed by atoms with Crippen LogP contribution in [0.5, 0.6) is 0 Å². The van der Waals surface area contributed by atoms with Crippen LogP contribution in [-0.4, -0.2) is 48.2 Å². The van der Waals surface area contributed by atoms with E-state index in [0.29, 0.717) is 19.6 Å². The zero-order valence-corrected chi connectivity index (χ0v) is 13.8. The fraction of sp³-hybridized carbons (Fsp3) is 0.867. The van der Waals surface area contributed by atoms with Crippen molar-refractivity contribution in [2.75, 3.05) is 19.6 Å². The van der Waals surface area contributed by atoms with Crippen LogP contribution in [0.4, 0.5) is 4.79 Å². The van der Waals surface area contributed by atoms with E-state index in [1.807, 2.05) is 34.6 Å². The number of hydrogen-bond donors (Lipinski definition) is 2. The fourth-order valence-electron chi connectivity index (χ4n) is 2.24. The minimum absolute atomic E-state index is 0.00441. The van der Waals surface area contributed by atoms with Crippen LogP contribution in [0.2, 0.25) is 0 Å². The number of alkyl carbamates (subject to hydrolysis) is 1. The summed E-state index contributed by atoms with van der Waals surface area (Å²) in [5.74, 6) is 0.405. The molecule has 0 radical (unpaired) electrons. The summed E-state index contributed by atoms with van der Waals surface area (Å²) < 4.78 is 5.19. The second-order valence-corrected chi connectivity index (χ2v) is 7.09. The average Bonchev–Trinajstić information content (AvgIpc) is 2.81. The Morgan fingerprint density at radius 2 is 2.00 bits per heavy atom. The second kappa shape index (κ2) is 7.11. The fourth-order valence-corrected chi connectivity index (χ4v) is 2.24. The van der Waals surface area contributed by atoms with E-state index < -0.39 is 17.7 Å². The summed E-state index contributed by atoms with van der Waals surface area (Å²) in [4.78, 5) is 25.5. The summed E-state index contributed by atoms with van der Waals surface area (Å²) in [6.45, 7) is 11.3. The number of amides is 2. The van der Waals surface area contributed by atoms with Gasteiger partial charge in [0.05, 0.1) is 6.04 Å². The van der Waals surface area contributed by atoms with Gasteiger partial charge in [0, 0.05) is 19.6 Å². The van der Waals surface area contributed by atoms with Crippen LogP contribution >= 0.6 is 0 Å². The zero-order valence-electron chi connectivity index (χ0n) is 13.8. The molecule has 0 spiro atoms. The van der Waals surface area contributed by atoms with Crippen molar-refractivity contribution in [2.45, 2.75) is 52.7 Å². The SMILES string of the molecule is CC(C)[C@H](N)C(=O)N1CC[C@@H](CNC(=O)OC(C)(C)C)C1. The molecular weight excluding hydrogens is 270 g/mol. The monoisotopic (exact) mass is 299 g/mol. The van der Waals surface area contributed by atoms with E-state index in [-0.39, 0.29) is 17.7 Å². The molecule has 3 N–H and O–H groups in total. The largest absolute Gasteiger partial charge is 0.444 e. The Morgan fingerprint density at radius 3 is 2.52 bits per heavy atom. The van der Waals surface area contributed by atoms with Gasteiger partial charge in [-0.05, 0) is 39.0 Å². The van der Waals surface area contributed by atoms with Gasteiger partial charge in [-0.3, -0.25) is 4.79 Å². The summed E-state index contributed by atoms with van der Waals surface area (Å²) in [6, 6.07) is -0.442. The molecule has 1 rings (SSSR count). The molecule has 0 bridgehead atoms. The highest BCUT2D eigenvalue weighted by atomic mass is 16.6. The molecule has 1 heterocycles. The normalized spacial score (nSPS) is 20.5. The van der Waals surface area contributed by atoms with Crippen molar-refractivity contribution in [3.05, 3.63) is 0 Å². The molecule has 0 aliphatic carbocycles. The minimum Gasteiger partial charge on any atom is -0.444 e. The molecular formula is C15H29N3O3. The predicted molar refractivity (Wildman–Crippen MR) is 81.7 cm³/mol. The van der Waals surface area contributed by atoms with Gasteiger partial charge in [0.2, 0.25) is 5.91 Å². The number of nitrogens with two attached hydrogens (primary N) is 1. The summed E-state index contributed by atoms with van der Waals surface area (Å²) in [5, 5.41) is 2.76. The minimum atomic E-state index is -0.494. The quantitative estimate of drug-likeness (QED) is 0.820. The van der Waals surface area contributed by atoms with Crippen molar-refractivity contribution in [3.63, 3.8) is 0 Å². The van der Waals surface area contributed by atoms with Crippen molar-refractivity contribution in [1.29, 1.82) is 0 Å². The molecule has 6 nitrogen and oxygen atoms in total. The Kier molecular flexibility index (Phi) is 6.01. The van der Waals surface area contributed by atoms with Gasteiger partial charge in [-0.15, -0.1) is 0 Å². The highest BCUT2D eigenvalue weighted by Crippen LogP contribution is 2.17. The van der Waals surface area contributed by atoms with Gasteiger partial charge in [0.1, 0.15) is 5.60 Å². The molecule has 6 heteroatoms. The van der Waals surface area contributed by atoms with E-state index in [0.717, 1.165) is 6.42 Å². The predicted octanol–water partition coefficient (Wildman–Crippen LogP) is 1.34. The third kappa shape index (κ3) is 5.91. The third-order valence-corrected chi connectivity index (χ3v) is 3.53. The van der Waals surface area contributed by atoms with E-state index in [1.165, 1.54) is 0 Å². The second-order valence-electron chi connectivity index (χ2n) is 7.09. The van der Waals surface area contributed by atoms with Crippen molar-refractivity contribution >= 4 is 12.0 Å². The van der Waals surface area contributed by atoms with Crippen LogP contribution < -0.4 is 11.1 Å². The average molecular weight is 299 g/mol. The Labute approximate surface area is 127 Å². The Hall–Kier alpha value is -1.30. The van der Waals surface area contributed by atoms with Gasteiger partial charge in [-0.2, -0.15) is 0 Å². The lowest BCUT2D eigenvalue weighted by atomic mass is 10.0. The third-order valence-electron chi connectivity index (χ3n) is 3.53. The number of nitrogens with one attached hydrogen (secondary N) is 1. The molecule has 0 aromatic heterocycles. The van der Waals surface area contributed by atoms with Gasteiger partial charge in [0.25, 0.3) is 0 Å². The maximum Gasteiger partial charge on any atom is 0.407 e. The lowest BCUT2D eigenvalue weighted by Gasteiger charge is -2.23. The number of carbonyl (C=O) groups excluding carboxylic acids is 2. The maximum absolute atomic E-state index is 12.1. The molecule has 122 valence electrons. The van der Waals surface area contributed by atoms with Crippen LogP contribution in [0.25, 0.3) is 0 Å². The van der Waals surface area contributed by atoms with Gasteiger partial charge in [-0.25, -0.2) is 4.79 Å². The smallest absolute Gasteiger partial charge is 0.407 e. The van der Waals surface area contributed by atoms with Crippen molar-refractivity contribution in [3.8, 4) is 0 Å².